The molecule has 0 fully saturated rings. The first-order valence-electron chi connectivity index (χ1n) is 5.01. The molecule has 2 aromatic carbocycles. The Kier molecular flexibility index (Phi) is 2.32. The minimum Gasteiger partial charge on any atom is -0.478 e. The van der Waals surface area contributed by atoms with E-state index in [0.29, 0.717) is 5.56 Å². The first-order valence-corrected chi connectivity index (χ1v) is 6.09. The molecule has 0 saturated heterocycles. The van der Waals surface area contributed by atoms with Crippen molar-refractivity contribution in [1.29, 1.82) is 0 Å². The average molecular weight is 338 g/mol. The monoisotopic (exact) mass is 338 g/mol. The number of hydrogen-bond acceptors (Lipinski definition) is 2. The lowest BCUT2D eigenvalue weighted by atomic mass is 10.1. The van der Waals surface area contributed by atoms with Crippen LogP contribution in [0.3, 0.4) is 0 Å². The number of carbonyl (C=O) groups is 1. The van der Waals surface area contributed by atoms with Gasteiger partial charge in [0.2, 0.25) is 0 Å². The summed E-state index contributed by atoms with van der Waals surface area (Å²) in [7, 11) is 0. The predicted molar refractivity (Wildman–Crippen MR) is 73.4 cm³/mol. The summed E-state index contributed by atoms with van der Waals surface area (Å²) >= 11 is 2.06. The molecular weight excluding hydrogens is 331 g/mol. The molecule has 0 radical (unpaired) electrons. The van der Waals surface area contributed by atoms with E-state index in [1.54, 1.807) is 12.1 Å². The van der Waals surface area contributed by atoms with Crippen molar-refractivity contribution in [2.75, 3.05) is 0 Å². The number of fused-ring (bicyclic) bond motifs is 3. The summed E-state index contributed by atoms with van der Waals surface area (Å²) in [6, 6.07) is 10.9. The van der Waals surface area contributed by atoms with Crippen molar-refractivity contribution in [3.63, 3.8) is 0 Å². The Labute approximate surface area is 110 Å². The minimum absolute atomic E-state index is 0.310. The van der Waals surface area contributed by atoms with Crippen molar-refractivity contribution in [3.05, 3.63) is 45.5 Å². The molecule has 1 aromatic heterocycles. The lowest BCUT2D eigenvalue weighted by Crippen LogP contribution is -1.99. The Morgan fingerprint density at radius 2 is 1.88 bits per heavy atom. The summed E-state index contributed by atoms with van der Waals surface area (Å²) in [5.41, 5.74) is 1.81. The number of benzene rings is 2. The summed E-state index contributed by atoms with van der Waals surface area (Å²) in [4.78, 5) is 11.1. The third kappa shape index (κ3) is 1.51. The lowest BCUT2D eigenvalue weighted by Gasteiger charge is -1.99. The van der Waals surface area contributed by atoms with Crippen LogP contribution in [-0.4, -0.2) is 11.1 Å². The van der Waals surface area contributed by atoms with Gasteiger partial charge in [-0.05, 0) is 40.8 Å². The van der Waals surface area contributed by atoms with Gasteiger partial charge in [-0.1, -0.05) is 18.2 Å². The number of para-hydroxylation sites is 1. The second kappa shape index (κ2) is 3.73. The second-order valence-electron chi connectivity index (χ2n) is 3.70. The van der Waals surface area contributed by atoms with Gasteiger partial charge in [0.1, 0.15) is 11.2 Å². The van der Waals surface area contributed by atoms with Gasteiger partial charge >= 0.3 is 5.97 Å². The second-order valence-corrected chi connectivity index (χ2v) is 4.78. The maximum Gasteiger partial charge on any atom is 0.336 e. The minimum atomic E-state index is -0.915. The normalized spacial score (nSPS) is 11.1. The highest BCUT2D eigenvalue weighted by Crippen LogP contribution is 2.33. The lowest BCUT2D eigenvalue weighted by molar-refractivity contribution is 0.0696. The van der Waals surface area contributed by atoms with Crippen molar-refractivity contribution in [2.45, 2.75) is 0 Å². The number of rotatable bonds is 1. The van der Waals surface area contributed by atoms with Crippen molar-refractivity contribution >= 4 is 50.5 Å². The summed E-state index contributed by atoms with van der Waals surface area (Å²) < 4.78 is 6.39. The molecule has 3 aromatic rings. The number of furan rings is 1. The SMILES string of the molecule is O=C(O)c1ccc2oc3ccccc3c2c1I. The van der Waals surface area contributed by atoms with Gasteiger partial charge in [0, 0.05) is 14.3 Å². The van der Waals surface area contributed by atoms with Gasteiger partial charge in [-0.3, -0.25) is 0 Å². The Bertz CT molecular complexity index is 743. The van der Waals surface area contributed by atoms with Crippen LogP contribution >= 0.6 is 22.6 Å². The quantitative estimate of drug-likeness (QED) is 0.685. The Hall–Kier alpha value is -1.56. The average Bonchev–Trinajstić information content (AvgIpc) is 2.67. The van der Waals surface area contributed by atoms with E-state index in [4.69, 9.17) is 9.52 Å². The van der Waals surface area contributed by atoms with Gasteiger partial charge in [0.15, 0.2) is 0 Å². The van der Waals surface area contributed by atoms with Gasteiger partial charge in [0.05, 0.1) is 5.56 Å². The van der Waals surface area contributed by atoms with Gasteiger partial charge in [-0.25, -0.2) is 4.79 Å². The van der Waals surface area contributed by atoms with Gasteiger partial charge < -0.3 is 9.52 Å². The molecule has 1 N–H and O–H groups in total. The Morgan fingerprint density at radius 3 is 2.65 bits per heavy atom. The largest absolute Gasteiger partial charge is 0.478 e. The van der Waals surface area contributed by atoms with Crippen LogP contribution in [0.2, 0.25) is 0 Å². The molecule has 0 spiro atoms. The predicted octanol–water partition coefficient (Wildman–Crippen LogP) is 3.89. The van der Waals surface area contributed by atoms with Crippen LogP contribution < -0.4 is 0 Å². The van der Waals surface area contributed by atoms with E-state index in [1.165, 1.54) is 0 Å². The smallest absolute Gasteiger partial charge is 0.336 e. The molecule has 3 nitrogen and oxygen atoms in total. The standard InChI is InChI=1S/C13H7IO3/c14-12-8(13(15)16)5-6-10-11(12)7-3-1-2-4-9(7)17-10/h1-6H,(H,15,16). The van der Waals surface area contributed by atoms with Gasteiger partial charge in [0.25, 0.3) is 0 Å². The maximum atomic E-state index is 11.1. The van der Waals surface area contributed by atoms with Crippen LogP contribution in [0, 0.1) is 3.57 Å². The van der Waals surface area contributed by atoms with Crippen molar-refractivity contribution in [1.82, 2.24) is 0 Å². The summed E-state index contributed by atoms with van der Waals surface area (Å²) in [6.45, 7) is 0. The molecular formula is C13H7IO3. The maximum absolute atomic E-state index is 11.1. The van der Waals surface area contributed by atoms with Gasteiger partial charge in [-0.15, -0.1) is 0 Å². The number of halogens is 1. The highest BCUT2D eigenvalue weighted by molar-refractivity contribution is 14.1. The van der Waals surface area contributed by atoms with Crippen LogP contribution in [0.15, 0.2) is 40.8 Å². The molecule has 84 valence electrons. The molecule has 4 heteroatoms. The summed E-state index contributed by atoms with van der Waals surface area (Å²) in [5.74, 6) is -0.915. The van der Waals surface area contributed by atoms with Crippen molar-refractivity contribution in [3.8, 4) is 0 Å². The van der Waals surface area contributed by atoms with E-state index >= 15 is 0 Å². The molecule has 17 heavy (non-hydrogen) atoms. The van der Waals surface area contributed by atoms with E-state index in [1.807, 2.05) is 24.3 Å². The number of hydrogen-bond donors (Lipinski definition) is 1. The highest BCUT2D eigenvalue weighted by atomic mass is 127. The molecule has 0 aliphatic carbocycles. The fourth-order valence-electron chi connectivity index (χ4n) is 1.94. The van der Waals surface area contributed by atoms with Crippen molar-refractivity contribution in [2.24, 2.45) is 0 Å². The van der Waals surface area contributed by atoms with Crippen LogP contribution in [-0.2, 0) is 0 Å². The molecule has 3 rings (SSSR count). The fraction of sp³-hybridized carbons (Fsp3) is 0. The van der Waals surface area contributed by atoms with Crippen molar-refractivity contribution < 1.29 is 14.3 Å². The molecule has 0 amide bonds. The van der Waals surface area contributed by atoms with Crippen LogP contribution in [0.4, 0.5) is 0 Å². The van der Waals surface area contributed by atoms with E-state index in [9.17, 15) is 4.79 Å². The zero-order valence-electron chi connectivity index (χ0n) is 8.61. The van der Waals surface area contributed by atoms with Crippen LogP contribution in [0.25, 0.3) is 21.9 Å². The first kappa shape index (κ1) is 10.6. The molecule has 0 atom stereocenters. The first-order chi connectivity index (χ1) is 8.18. The fourth-order valence-corrected chi connectivity index (χ4v) is 2.91. The molecule has 1 heterocycles. The number of carboxylic acid groups (broad SMARTS) is 1. The molecule has 0 unspecified atom stereocenters. The van der Waals surface area contributed by atoms with E-state index < -0.39 is 5.97 Å². The van der Waals surface area contributed by atoms with E-state index in [0.717, 1.165) is 25.5 Å². The molecule has 0 aliphatic rings. The van der Waals surface area contributed by atoms with E-state index in [-0.39, 0.29) is 0 Å². The Balaban J connectivity index is 2.52. The summed E-state index contributed by atoms with van der Waals surface area (Å²) in [5, 5.41) is 10.9. The third-order valence-electron chi connectivity index (χ3n) is 2.71. The van der Waals surface area contributed by atoms with Crippen LogP contribution in [0.5, 0.6) is 0 Å². The third-order valence-corrected chi connectivity index (χ3v) is 3.83. The highest BCUT2D eigenvalue weighted by Gasteiger charge is 2.15. The molecule has 0 aliphatic heterocycles. The van der Waals surface area contributed by atoms with E-state index in [2.05, 4.69) is 22.6 Å². The Morgan fingerprint density at radius 1 is 1.12 bits per heavy atom. The molecule has 0 saturated carbocycles. The number of carboxylic acids is 1. The topological polar surface area (TPSA) is 50.4 Å². The zero-order valence-corrected chi connectivity index (χ0v) is 10.8. The van der Waals surface area contributed by atoms with Gasteiger partial charge in [-0.2, -0.15) is 0 Å². The summed E-state index contributed by atoms with van der Waals surface area (Å²) in [6.07, 6.45) is 0. The number of aromatic carboxylic acids is 1. The zero-order chi connectivity index (χ0) is 12.0. The van der Waals surface area contributed by atoms with Crippen LogP contribution in [0.1, 0.15) is 10.4 Å². The molecule has 0 bridgehead atoms.